The van der Waals surface area contributed by atoms with Gasteiger partial charge in [-0.1, -0.05) is 29.5 Å². The number of phenolic OH excluding ortho intramolecular Hbond substituents is 2. The molecule has 0 aromatic heterocycles. The highest BCUT2D eigenvalue weighted by Crippen LogP contribution is 2.24. The number of nitrogens with one attached hydrogen (secondary N) is 2. The molecule has 1 fully saturated rings. The predicted molar refractivity (Wildman–Crippen MR) is 113 cm³/mol. The summed E-state index contributed by atoms with van der Waals surface area (Å²) in [5.41, 5.74) is 3.14. The van der Waals surface area contributed by atoms with E-state index in [4.69, 9.17) is 0 Å². The monoisotopic (exact) mass is 412 g/mol. The van der Waals surface area contributed by atoms with Crippen molar-refractivity contribution in [1.29, 1.82) is 0 Å². The first-order valence-electron chi connectivity index (χ1n) is 8.79. The molecule has 150 valence electrons. The van der Waals surface area contributed by atoms with Crippen LogP contribution in [0.5, 0.6) is 11.5 Å². The summed E-state index contributed by atoms with van der Waals surface area (Å²) < 4.78 is 0. The highest BCUT2D eigenvalue weighted by atomic mass is 32.2. The number of carbonyl (C=O) groups is 2. The minimum atomic E-state index is -0.600. The number of benzene rings is 2. The molecule has 8 nitrogen and oxygen atoms in total. The zero-order valence-electron chi connectivity index (χ0n) is 15.8. The lowest BCUT2D eigenvalue weighted by atomic mass is 10.1. The van der Waals surface area contributed by atoms with Crippen LogP contribution >= 0.6 is 11.8 Å². The van der Waals surface area contributed by atoms with Crippen molar-refractivity contribution in [3.8, 4) is 11.5 Å². The number of nitrogens with zero attached hydrogens (tertiary/aromatic N) is 2. The van der Waals surface area contributed by atoms with Gasteiger partial charge >= 0.3 is 0 Å². The van der Waals surface area contributed by atoms with Gasteiger partial charge < -0.3 is 20.8 Å². The molecule has 0 saturated carbocycles. The Morgan fingerprint density at radius 1 is 1.24 bits per heavy atom. The molecule has 1 aliphatic rings. The van der Waals surface area contributed by atoms with E-state index in [1.807, 2.05) is 32.0 Å². The van der Waals surface area contributed by atoms with Gasteiger partial charge in [-0.15, -0.1) is 5.10 Å². The number of thioether (sulfide) groups is 1. The van der Waals surface area contributed by atoms with E-state index in [2.05, 4.69) is 20.8 Å². The summed E-state index contributed by atoms with van der Waals surface area (Å²) in [5.74, 6) is -0.778. The van der Waals surface area contributed by atoms with Crippen LogP contribution in [0.25, 0.3) is 0 Å². The number of amides is 2. The minimum absolute atomic E-state index is 0.00526. The van der Waals surface area contributed by atoms with E-state index in [9.17, 15) is 19.8 Å². The van der Waals surface area contributed by atoms with Crippen molar-refractivity contribution < 1.29 is 19.8 Å². The highest BCUT2D eigenvalue weighted by Gasteiger charge is 2.32. The molecule has 2 aromatic carbocycles. The Morgan fingerprint density at radius 3 is 2.76 bits per heavy atom. The molecule has 0 aliphatic carbocycles. The molecule has 1 aliphatic heterocycles. The number of hydrogen-bond donors (Lipinski definition) is 4. The van der Waals surface area contributed by atoms with Crippen molar-refractivity contribution in [3.63, 3.8) is 0 Å². The van der Waals surface area contributed by atoms with Crippen LogP contribution in [0.3, 0.4) is 0 Å². The zero-order chi connectivity index (χ0) is 21.0. The molecule has 4 N–H and O–H groups in total. The van der Waals surface area contributed by atoms with Crippen molar-refractivity contribution in [3.05, 3.63) is 53.1 Å². The summed E-state index contributed by atoms with van der Waals surface area (Å²) >= 11 is 1.12. The number of aromatic hydroxyl groups is 2. The largest absolute Gasteiger partial charge is 0.508 e. The Morgan fingerprint density at radius 2 is 2.03 bits per heavy atom. The molecule has 29 heavy (non-hydrogen) atoms. The Balaban J connectivity index is 1.58. The molecule has 2 aromatic rings. The van der Waals surface area contributed by atoms with Crippen molar-refractivity contribution >= 4 is 40.6 Å². The lowest BCUT2D eigenvalue weighted by Crippen LogP contribution is -2.28. The lowest BCUT2D eigenvalue weighted by molar-refractivity contribution is -0.122. The van der Waals surface area contributed by atoms with Gasteiger partial charge in [0.2, 0.25) is 11.8 Å². The van der Waals surface area contributed by atoms with E-state index in [1.54, 1.807) is 0 Å². The maximum absolute atomic E-state index is 12.3. The Labute approximate surface area is 171 Å². The van der Waals surface area contributed by atoms with Gasteiger partial charge in [-0.05, 0) is 37.6 Å². The second-order valence-corrected chi connectivity index (χ2v) is 7.75. The average Bonchev–Trinajstić information content (AvgIpc) is 2.98. The molecular formula is C20H20N4O4S. The van der Waals surface area contributed by atoms with Crippen LogP contribution in [0.4, 0.5) is 5.69 Å². The van der Waals surface area contributed by atoms with E-state index in [1.165, 1.54) is 24.4 Å². The smallest absolute Gasteiger partial charge is 0.240 e. The number of anilines is 1. The molecule has 0 bridgehead atoms. The number of rotatable bonds is 5. The average molecular weight is 412 g/mol. The summed E-state index contributed by atoms with van der Waals surface area (Å²) in [5, 5.41) is 31.8. The number of hydrogen-bond acceptors (Lipinski definition) is 7. The lowest BCUT2D eigenvalue weighted by Gasteiger charge is -2.10. The maximum atomic E-state index is 12.3. The first kappa shape index (κ1) is 20.4. The number of aryl methyl sites for hydroxylation is 2. The second-order valence-electron chi connectivity index (χ2n) is 6.56. The summed E-state index contributed by atoms with van der Waals surface area (Å²) in [7, 11) is 0. The van der Waals surface area contributed by atoms with Crippen LogP contribution in [0.15, 0.2) is 46.6 Å². The molecule has 1 atom stereocenters. The third kappa shape index (κ3) is 5.35. The third-order valence-corrected chi connectivity index (χ3v) is 5.23. The van der Waals surface area contributed by atoms with Gasteiger partial charge in [0.05, 0.1) is 6.21 Å². The molecule has 0 unspecified atom stereocenters. The maximum Gasteiger partial charge on any atom is 0.240 e. The van der Waals surface area contributed by atoms with Gasteiger partial charge in [0, 0.05) is 23.7 Å². The molecule has 0 spiro atoms. The Kier molecular flexibility index (Phi) is 6.18. The topological polar surface area (TPSA) is 123 Å². The summed E-state index contributed by atoms with van der Waals surface area (Å²) in [6.45, 7) is 3.89. The molecule has 9 heteroatoms. The van der Waals surface area contributed by atoms with Gasteiger partial charge in [-0.25, -0.2) is 0 Å². The molecule has 1 saturated heterocycles. The quantitative estimate of drug-likeness (QED) is 0.444. The van der Waals surface area contributed by atoms with Gasteiger partial charge in [-0.3, -0.25) is 9.59 Å². The summed E-state index contributed by atoms with van der Waals surface area (Å²) in [4.78, 5) is 24.4. The van der Waals surface area contributed by atoms with E-state index in [-0.39, 0.29) is 34.9 Å². The fourth-order valence-corrected chi connectivity index (χ4v) is 3.62. The highest BCUT2D eigenvalue weighted by molar-refractivity contribution is 8.15. The SMILES string of the molecule is Cc1ccc(NC(=O)C[C@@H]2S/C(=N/N=C/c3ccc(O)cc3O)NC2=O)c(C)c1. The normalized spacial score (nSPS) is 17.7. The van der Waals surface area contributed by atoms with Crippen molar-refractivity contribution in [2.45, 2.75) is 25.5 Å². The van der Waals surface area contributed by atoms with E-state index >= 15 is 0 Å². The number of amidine groups is 1. The van der Waals surface area contributed by atoms with Crippen LogP contribution < -0.4 is 10.6 Å². The third-order valence-electron chi connectivity index (χ3n) is 4.16. The van der Waals surface area contributed by atoms with Gasteiger partial charge in [-0.2, -0.15) is 5.10 Å². The van der Waals surface area contributed by atoms with Crippen LogP contribution in [0.2, 0.25) is 0 Å². The minimum Gasteiger partial charge on any atom is -0.508 e. The molecule has 1 heterocycles. The molecular weight excluding hydrogens is 392 g/mol. The van der Waals surface area contributed by atoms with E-state index in [0.717, 1.165) is 28.6 Å². The second kappa shape index (κ2) is 8.78. The Bertz CT molecular complexity index is 1020. The molecule has 3 rings (SSSR count). The van der Waals surface area contributed by atoms with Crippen LogP contribution in [0.1, 0.15) is 23.1 Å². The standard InChI is InChI=1S/C20H20N4O4S/c1-11-3-6-15(12(2)7-11)22-18(27)9-17-19(28)23-20(29-17)24-21-10-13-4-5-14(25)8-16(13)26/h3-8,10,17,25-26H,9H2,1-2H3,(H,22,27)(H,23,24,28)/b21-10+/t17-/m0/s1. The van der Waals surface area contributed by atoms with Crippen LogP contribution in [0, 0.1) is 13.8 Å². The fraction of sp³-hybridized carbons (Fsp3) is 0.200. The zero-order valence-corrected chi connectivity index (χ0v) is 16.7. The van der Waals surface area contributed by atoms with Crippen LogP contribution in [-0.2, 0) is 9.59 Å². The van der Waals surface area contributed by atoms with Gasteiger partial charge in [0.25, 0.3) is 0 Å². The number of phenols is 2. The van der Waals surface area contributed by atoms with E-state index < -0.39 is 5.25 Å². The van der Waals surface area contributed by atoms with Crippen molar-refractivity contribution in [1.82, 2.24) is 5.32 Å². The first-order chi connectivity index (χ1) is 13.8. The first-order valence-corrected chi connectivity index (χ1v) is 9.67. The van der Waals surface area contributed by atoms with Crippen molar-refractivity contribution in [2.75, 3.05) is 5.32 Å². The van der Waals surface area contributed by atoms with Gasteiger partial charge in [0.15, 0.2) is 5.17 Å². The summed E-state index contributed by atoms with van der Waals surface area (Å²) in [6, 6.07) is 9.80. The number of carbonyl (C=O) groups excluding carboxylic acids is 2. The van der Waals surface area contributed by atoms with Gasteiger partial charge in [0.1, 0.15) is 16.7 Å². The molecule has 0 radical (unpaired) electrons. The van der Waals surface area contributed by atoms with E-state index in [0.29, 0.717) is 5.56 Å². The van der Waals surface area contributed by atoms with Crippen molar-refractivity contribution in [2.24, 2.45) is 10.2 Å². The fourth-order valence-electron chi connectivity index (χ4n) is 2.69. The molecule has 2 amide bonds. The Hall–Kier alpha value is -3.33. The van der Waals surface area contributed by atoms with Crippen LogP contribution in [-0.4, -0.2) is 38.7 Å². The predicted octanol–water partition coefficient (Wildman–Crippen LogP) is 2.66. The summed E-state index contributed by atoms with van der Waals surface area (Å²) in [6.07, 6.45) is 1.31.